The van der Waals surface area contributed by atoms with Crippen molar-refractivity contribution in [3.63, 3.8) is 0 Å². The Hall–Kier alpha value is -3.19. The molecule has 8 heteroatoms. The number of nitrogens with zero attached hydrogens (tertiary/aromatic N) is 3. The van der Waals surface area contributed by atoms with Crippen molar-refractivity contribution in [1.29, 1.82) is 0 Å². The van der Waals surface area contributed by atoms with Gasteiger partial charge in [0.25, 0.3) is 11.8 Å². The second-order valence-corrected chi connectivity index (χ2v) is 7.29. The summed E-state index contributed by atoms with van der Waals surface area (Å²) in [7, 11) is 0. The van der Waals surface area contributed by atoms with E-state index in [0.717, 1.165) is 5.56 Å². The molecule has 2 amide bonds. The quantitative estimate of drug-likeness (QED) is 0.706. The molecule has 0 radical (unpaired) electrons. The molecule has 0 saturated heterocycles. The molecule has 3 aromatic rings. The zero-order valence-corrected chi connectivity index (χ0v) is 16.4. The van der Waals surface area contributed by atoms with E-state index in [1.54, 1.807) is 18.2 Å². The Kier molecular flexibility index (Phi) is 5.07. The number of nitrogens with one attached hydrogen (secondary N) is 1. The first-order chi connectivity index (χ1) is 13.9. The average molecular weight is 413 g/mol. The average Bonchev–Trinajstić information content (AvgIpc) is 3.14. The van der Waals surface area contributed by atoms with Crippen LogP contribution in [-0.2, 0) is 13.1 Å². The van der Waals surface area contributed by atoms with Crippen molar-refractivity contribution < 1.29 is 14.0 Å². The third-order valence-corrected chi connectivity index (χ3v) is 5.17. The second kappa shape index (κ2) is 7.67. The van der Waals surface area contributed by atoms with Gasteiger partial charge in [-0.2, -0.15) is 5.10 Å². The Balaban J connectivity index is 1.52. The molecule has 0 atom stereocenters. The van der Waals surface area contributed by atoms with Gasteiger partial charge < -0.3 is 10.2 Å². The Bertz CT molecular complexity index is 1070. The highest BCUT2D eigenvalue weighted by Gasteiger charge is 2.29. The Morgan fingerprint density at radius 2 is 1.97 bits per heavy atom. The highest BCUT2D eigenvalue weighted by molar-refractivity contribution is 6.31. The van der Waals surface area contributed by atoms with Gasteiger partial charge in [0.05, 0.1) is 13.1 Å². The fourth-order valence-electron chi connectivity index (χ4n) is 3.21. The number of hydrogen-bond acceptors (Lipinski definition) is 3. The lowest BCUT2D eigenvalue weighted by molar-refractivity contribution is 0.0681. The predicted octanol–water partition coefficient (Wildman–Crippen LogP) is 3.89. The number of rotatable bonds is 4. The van der Waals surface area contributed by atoms with E-state index in [4.69, 9.17) is 11.6 Å². The van der Waals surface area contributed by atoms with Crippen molar-refractivity contribution in [2.75, 3.05) is 11.9 Å². The topological polar surface area (TPSA) is 67.2 Å². The summed E-state index contributed by atoms with van der Waals surface area (Å²) in [5.74, 6) is -1.17. The van der Waals surface area contributed by atoms with E-state index < -0.39 is 11.7 Å². The van der Waals surface area contributed by atoms with E-state index in [9.17, 15) is 14.0 Å². The fraction of sp³-hybridized carbons (Fsp3) is 0.190. The first kappa shape index (κ1) is 19.1. The van der Waals surface area contributed by atoms with Gasteiger partial charge in [0.15, 0.2) is 5.69 Å². The largest absolute Gasteiger partial charge is 0.331 e. The molecule has 0 bridgehead atoms. The van der Waals surface area contributed by atoms with Crippen LogP contribution >= 0.6 is 11.6 Å². The summed E-state index contributed by atoms with van der Waals surface area (Å²) in [4.78, 5) is 26.9. The van der Waals surface area contributed by atoms with Crippen LogP contribution in [0.25, 0.3) is 0 Å². The van der Waals surface area contributed by atoms with E-state index in [1.165, 1.54) is 27.8 Å². The number of benzene rings is 2. The smallest absolute Gasteiger partial charge is 0.276 e. The maximum Gasteiger partial charge on any atom is 0.276 e. The molecule has 4 rings (SSSR count). The highest BCUT2D eigenvalue weighted by atomic mass is 35.5. The van der Waals surface area contributed by atoms with E-state index in [2.05, 4.69) is 10.4 Å². The maximum absolute atomic E-state index is 14.1. The van der Waals surface area contributed by atoms with Gasteiger partial charge in [-0.1, -0.05) is 35.4 Å². The fourth-order valence-corrected chi connectivity index (χ4v) is 3.43. The normalized spacial score (nSPS) is 13.3. The van der Waals surface area contributed by atoms with Crippen LogP contribution in [0.15, 0.2) is 48.5 Å². The molecule has 1 aliphatic heterocycles. The second-order valence-electron chi connectivity index (χ2n) is 6.89. The van der Waals surface area contributed by atoms with Crippen LogP contribution in [0, 0.1) is 12.7 Å². The number of carbonyl (C=O) groups excluding carboxylic acids is 2. The van der Waals surface area contributed by atoms with Gasteiger partial charge in [-0.05, 0) is 31.2 Å². The summed E-state index contributed by atoms with van der Waals surface area (Å²) in [5, 5.41) is 7.29. The lowest BCUT2D eigenvalue weighted by Gasteiger charge is -2.27. The number of aromatic nitrogens is 2. The number of halogens is 2. The van der Waals surface area contributed by atoms with Crippen LogP contribution in [-0.4, -0.2) is 33.0 Å². The number of hydrogen-bond donors (Lipinski definition) is 1. The molecule has 1 N–H and O–H groups in total. The predicted molar refractivity (Wildman–Crippen MR) is 108 cm³/mol. The molecule has 0 fully saturated rings. The number of fused-ring (bicyclic) bond motifs is 1. The molecule has 148 valence electrons. The van der Waals surface area contributed by atoms with Gasteiger partial charge in [-0.15, -0.1) is 0 Å². The van der Waals surface area contributed by atoms with E-state index in [0.29, 0.717) is 18.8 Å². The van der Waals surface area contributed by atoms with Gasteiger partial charge in [-0.3, -0.25) is 14.3 Å². The Labute approximate surface area is 171 Å². The van der Waals surface area contributed by atoms with Gasteiger partial charge in [-0.25, -0.2) is 4.39 Å². The van der Waals surface area contributed by atoms with Crippen molar-refractivity contribution in [3.05, 3.63) is 81.9 Å². The van der Waals surface area contributed by atoms with Crippen LogP contribution in [0.3, 0.4) is 0 Å². The van der Waals surface area contributed by atoms with E-state index >= 15 is 0 Å². The van der Waals surface area contributed by atoms with Crippen molar-refractivity contribution in [2.24, 2.45) is 0 Å². The molecule has 0 spiro atoms. The standard InChI is InChI=1S/C21H18ClFN4O2/c1-13-5-7-14(8-6-13)24-20(28)18-11-19-21(29)26(9-10-27(19)25-18)12-15-16(22)3-2-4-17(15)23/h2-8,11H,9-10,12H2,1H3,(H,24,28). The zero-order valence-electron chi connectivity index (χ0n) is 15.7. The molecule has 2 aromatic carbocycles. The molecule has 0 aliphatic carbocycles. The summed E-state index contributed by atoms with van der Waals surface area (Å²) in [6.45, 7) is 2.77. The summed E-state index contributed by atoms with van der Waals surface area (Å²) >= 11 is 6.08. The lowest BCUT2D eigenvalue weighted by Crippen LogP contribution is -2.40. The van der Waals surface area contributed by atoms with Crippen molar-refractivity contribution in [3.8, 4) is 0 Å². The first-order valence-corrected chi connectivity index (χ1v) is 9.48. The molecular formula is C21H18ClFN4O2. The summed E-state index contributed by atoms with van der Waals surface area (Å²) in [6, 6.07) is 13.3. The molecule has 1 aliphatic rings. The van der Waals surface area contributed by atoms with Crippen LogP contribution < -0.4 is 5.32 Å². The van der Waals surface area contributed by atoms with Crippen LogP contribution in [0.1, 0.15) is 32.1 Å². The summed E-state index contributed by atoms with van der Waals surface area (Å²) < 4.78 is 15.6. The minimum absolute atomic E-state index is 0.0560. The number of amides is 2. The Morgan fingerprint density at radius 3 is 2.69 bits per heavy atom. The van der Waals surface area contributed by atoms with Gasteiger partial charge in [0.1, 0.15) is 11.5 Å². The maximum atomic E-state index is 14.1. The molecule has 29 heavy (non-hydrogen) atoms. The molecule has 0 saturated carbocycles. The highest BCUT2D eigenvalue weighted by Crippen LogP contribution is 2.23. The number of carbonyl (C=O) groups is 2. The molecule has 1 aromatic heterocycles. The SMILES string of the molecule is Cc1ccc(NC(=O)c2cc3n(n2)CCN(Cc2c(F)cccc2Cl)C3=O)cc1. The van der Waals surface area contributed by atoms with Crippen LogP contribution in [0.2, 0.25) is 5.02 Å². The third kappa shape index (κ3) is 3.86. The van der Waals surface area contributed by atoms with Crippen molar-refractivity contribution in [2.45, 2.75) is 20.0 Å². The first-order valence-electron chi connectivity index (χ1n) is 9.10. The minimum atomic E-state index is -0.456. The van der Waals surface area contributed by atoms with E-state index in [1.807, 2.05) is 19.1 Å². The molecule has 6 nitrogen and oxygen atoms in total. The Morgan fingerprint density at radius 1 is 1.21 bits per heavy atom. The summed E-state index contributed by atoms with van der Waals surface area (Å²) in [5.41, 5.74) is 2.44. The number of aryl methyl sites for hydroxylation is 1. The molecule has 2 heterocycles. The molecular weight excluding hydrogens is 395 g/mol. The molecule has 0 unspecified atom stereocenters. The number of anilines is 1. The van der Waals surface area contributed by atoms with Crippen molar-refractivity contribution in [1.82, 2.24) is 14.7 Å². The monoisotopic (exact) mass is 412 g/mol. The third-order valence-electron chi connectivity index (χ3n) is 4.82. The van der Waals surface area contributed by atoms with Gasteiger partial charge in [0.2, 0.25) is 0 Å². The van der Waals surface area contributed by atoms with E-state index in [-0.39, 0.29) is 34.4 Å². The van der Waals surface area contributed by atoms with Crippen LogP contribution in [0.4, 0.5) is 10.1 Å². The van der Waals surface area contributed by atoms with Crippen LogP contribution in [0.5, 0.6) is 0 Å². The van der Waals surface area contributed by atoms with Crippen molar-refractivity contribution >= 4 is 29.1 Å². The summed E-state index contributed by atoms with van der Waals surface area (Å²) in [6.07, 6.45) is 0. The van der Waals surface area contributed by atoms with Gasteiger partial charge in [0, 0.05) is 28.9 Å². The lowest BCUT2D eigenvalue weighted by atomic mass is 10.1. The minimum Gasteiger partial charge on any atom is -0.331 e. The van der Waals surface area contributed by atoms with Gasteiger partial charge >= 0.3 is 0 Å². The zero-order chi connectivity index (χ0) is 20.5.